The van der Waals surface area contributed by atoms with Crippen LogP contribution in [-0.4, -0.2) is 29.4 Å². The van der Waals surface area contributed by atoms with Crippen LogP contribution in [0.5, 0.6) is 0 Å². The van der Waals surface area contributed by atoms with Gasteiger partial charge < -0.3 is 5.32 Å². The molecule has 0 aliphatic carbocycles. The van der Waals surface area contributed by atoms with Gasteiger partial charge >= 0.3 is 0 Å². The van der Waals surface area contributed by atoms with E-state index in [0.29, 0.717) is 24.2 Å². The molecule has 1 aliphatic heterocycles. The number of amides is 1. The van der Waals surface area contributed by atoms with Gasteiger partial charge in [0.15, 0.2) is 0 Å². The van der Waals surface area contributed by atoms with Crippen molar-refractivity contribution in [2.45, 2.75) is 45.2 Å². The first-order valence-electron chi connectivity index (χ1n) is 7.16. The minimum atomic E-state index is 0.00954. The smallest absolute Gasteiger partial charge is 0.238 e. The lowest BCUT2D eigenvalue weighted by molar-refractivity contribution is -0.118. The Bertz CT molecular complexity index is 493. The zero-order chi connectivity index (χ0) is 14.5. The largest absolute Gasteiger partial charge is 0.325 e. The second kappa shape index (κ2) is 6.53. The molecule has 0 saturated carbocycles. The van der Waals surface area contributed by atoms with Crippen molar-refractivity contribution in [1.82, 2.24) is 4.90 Å². The van der Waals surface area contributed by atoms with Crippen molar-refractivity contribution < 1.29 is 4.79 Å². The number of nitriles is 1. The molecule has 4 heteroatoms. The molecular formula is C16H21N3O. The Hall–Kier alpha value is -1.86. The lowest BCUT2D eigenvalue weighted by Crippen LogP contribution is -2.47. The van der Waals surface area contributed by atoms with Gasteiger partial charge in [-0.25, -0.2) is 0 Å². The minimum Gasteiger partial charge on any atom is -0.325 e. The summed E-state index contributed by atoms with van der Waals surface area (Å²) in [5, 5.41) is 11.6. The monoisotopic (exact) mass is 271 g/mol. The summed E-state index contributed by atoms with van der Waals surface area (Å²) in [6, 6.07) is 9.94. The zero-order valence-electron chi connectivity index (χ0n) is 12.1. The van der Waals surface area contributed by atoms with Gasteiger partial charge in [-0.05, 0) is 51.0 Å². The van der Waals surface area contributed by atoms with Gasteiger partial charge in [-0.15, -0.1) is 0 Å². The van der Waals surface area contributed by atoms with Crippen molar-refractivity contribution in [1.29, 1.82) is 5.26 Å². The first kappa shape index (κ1) is 14.5. The first-order valence-corrected chi connectivity index (χ1v) is 7.16. The van der Waals surface area contributed by atoms with E-state index in [9.17, 15) is 4.79 Å². The molecule has 1 N–H and O–H groups in total. The molecule has 1 fully saturated rings. The normalized spacial score (nSPS) is 23.1. The summed E-state index contributed by atoms with van der Waals surface area (Å²) in [6.45, 7) is 4.80. The molecule has 1 aromatic carbocycles. The zero-order valence-corrected chi connectivity index (χ0v) is 12.1. The number of rotatable bonds is 3. The minimum absolute atomic E-state index is 0.00954. The number of benzene rings is 1. The number of hydrogen-bond acceptors (Lipinski definition) is 3. The van der Waals surface area contributed by atoms with Crippen molar-refractivity contribution >= 4 is 11.6 Å². The van der Waals surface area contributed by atoms with E-state index in [2.05, 4.69) is 30.1 Å². The fraction of sp³-hybridized carbons (Fsp3) is 0.500. The van der Waals surface area contributed by atoms with Gasteiger partial charge in [0, 0.05) is 17.8 Å². The SMILES string of the molecule is C[C@@H]1CCC[C@H](C)N1CC(=O)Nc1ccc(C#N)cc1. The number of likely N-dealkylation sites (tertiary alicyclic amines) is 1. The highest BCUT2D eigenvalue weighted by Crippen LogP contribution is 2.22. The highest BCUT2D eigenvalue weighted by molar-refractivity contribution is 5.92. The molecule has 106 valence electrons. The van der Waals surface area contributed by atoms with E-state index in [1.54, 1.807) is 24.3 Å². The van der Waals surface area contributed by atoms with E-state index in [1.165, 1.54) is 6.42 Å². The number of carbonyl (C=O) groups excluding carboxylic acids is 1. The standard InChI is InChI=1S/C16H21N3O/c1-12-4-3-5-13(2)19(12)11-16(20)18-15-8-6-14(10-17)7-9-15/h6-9,12-13H,3-5,11H2,1-2H3,(H,18,20)/t12-,13+. The number of piperidine rings is 1. The summed E-state index contributed by atoms with van der Waals surface area (Å²) in [4.78, 5) is 14.4. The molecular weight excluding hydrogens is 250 g/mol. The van der Waals surface area contributed by atoms with Gasteiger partial charge in [0.05, 0.1) is 18.2 Å². The van der Waals surface area contributed by atoms with Crippen LogP contribution >= 0.6 is 0 Å². The van der Waals surface area contributed by atoms with Crippen LogP contribution in [-0.2, 0) is 4.79 Å². The average molecular weight is 271 g/mol. The molecule has 20 heavy (non-hydrogen) atoms. The predicted molar refractivity (Wildman–Crippen MR) is 79.3 cm³/mol. The summed E-state index contributed by atoms with van der Waals surface area (Å²) >= 11 is 0. The molecule has 2 rings (SSSR count). The summed E-state index contributed by atoms with van der Waals surface area (Å²) in [5.74, 6) is 0.00954. The Morgan fingerprint density at radius 2 is 1.90 bits per heavy atom. The molecule has 1 aromatic rings. The molecule has 1 amide bonds. The average Bonchev–Trinajstić information content (AvgIpc) is 2.44. The van der Waals surface area contributed by atoms with Gasteiger partial charge in [0.1, 0.15) is 0 Å². The fourth-order valence-electron chi connectivity index (χ4n) is 2.78. The molecule has 0 radical (unpaired) electrons. The van der Waals surface area contributed by atoms with Crippen LogP contribution in [0.1, 0.15) is 38.7 Å². The van der Waals surface area contributed by atoms with E-state index in [4.69, 9.17) is 5.26 Å². The number of nitrogens with zero attached hydrogens (tertiary/aromatic N) is 2. The van der Waals surface area contributed by atoms with Crippen LogP contribution < -0.4 is 5.32 Å². The summed E-state index contributed by atoms with van der Waals surface area (Å²) in [6.07, 6.45) is 3.57. The predicted octanol–water partition coefficient (Wildman–Crippen LogP) is 2.76. The molecule has 0 aromatic heterocycles. The van der Waals surface area contributed by atoms with Gasteiger partial charge in [0.25, 0.3) is 0 Å². The molecule has 0 unspecified atom stereocenters. The van der Waals surface area contributed by atoms with Crippen LogP contribution in [0.15, 0.2) is 24.3 Å². The maximum Gasteiger partial charge on any atom is 0.238 e. The third-order valence-corrected chi connectivity index (χ3v) is 4.00. The van der Waals surface area contributed by atoms with Crippen LogP contribution in [0, 0.1) is 11.3 Å². The Labute approximate surface area is 120 Å². The number of anilines is 1. The van der Waals surface area contributed by atoms with Gasteiger partial charge in [-0.3, -0.25) is 9.69 Å². The van der Waals surface area contributed by atoms with Crippen molar-refractivity contribution in [2.75, 3.05) is 11.9 Å². The van der Waals surface area contributed by atoms with Crippen LogP contribution in [0.4, 0.5) is 5.69 Å². The van der Waals surface area contributed by atoms with E-state index < -0.39 is 0 Å². The third-order valence-electron chi connectivity index (χ3n) is 4.00. The van der Waals surface area contributed by atoms with Crippen molar-refractivity contribution in [2.24, 2.45) is 0 Å². The summed E-state index contributed by atoms with van der Waals surface area (Å²) in [7, 11) is 0. The molecule has 1 aliphatic rings. The van der Waals surface area contributed by atoms with E-state index in [1.807, 2.05) is 0 Å². The summed E-state index contributed by atoms with van der Waals surface area (Å²) in [5.41, 5.74) is 1.34. The quantitative estimate of drug-likeness (QED) is 0.919. The number of hydrogen-bond donors (Lipinski definition) is 1. The third kappa shape index (κ3) is 3.58. The Morgan fingerprint density at radius 3 is 2.45 bits per heavy atom. The maximum absolute atomic E-state index is 12.1. The van der Waals surface area contributed by atoms with Crippen molar-refractivity contribution in [3.8, 4) is 6.07 Å². The Morgan fingerprint density at radius 1 is 1.30 bits per heavy atom. The van der Waals surface area contributed by atoms with Crippen molar-refractivity contribution in [3.63, 3.8) is 0 Å². The Kier molecular flexibility index (Phi) is 4.75. The lowest BCUT2D eigenvalue weighted by atomic mass is 9.97. The fourth-order valence-corrected chi connectivity index (χ4v) is 2.78. The van der Waals surface area contributed by atoms with Crippen molar-refractivity contribution in [3.05, 3.63) is 29.8 Å². The maximum atomic E-state index is 12.1. The summed E-state index contributed by atoms with van der Waals surface area (Å²) < 4.78 is 0. The Balaban J connectivity index is 1.92. The van der Waals surface area contributed by atoms with Gasteiger partial charge in [0.2, 0.25) is 5.91 Å². The molecule has 1 saturated heterocycles. The molecule has 0 bridgehead atoms. The lowest BCUT2D eigenvalue weighted by Gasteiger charge is -2.38. The van der Waals surface area contributed by atoms with E-state index >= 15 is 0 Å². The second-order valence-corrected chi connectivity index (χ2v) is 5.54. The number of carbonyl (C=O) groups is 1. The highest BCUT2D eigenvalue weighted by atomic mass is 16.2. The van der Waals surface area contributed by atoms with Crippen LogP contribution in [0.25, 0.3) is 0 Å². The van der Waals surface area contributed by atoms with E-state index in [0.717, 1.165) is 18.5 Å². The molecule has 1 heterocycles. The molecule has 4 nitrogen and oxygen atoms in total. The van der Waals surface area contributed by atoms with Gasteiger partial charge in [-0.2, -0.15) is 5.26 Å². The molecule has 2 atom stereocenters. The number of nitrogens with one attached hydrogen (secondary N) is 1. The van der Waals surface area contributed by atoms with Crippen LogP contribution in [0.3, 0.4) is 0 Å². The first-order chi connectivity index (χ1) is 9.60. The van der Waals surface area contributed by atoms with Gasteiger partial charge in [-0.1, -0.05) is 6.42 Å². The topological polar surface area (TPSA) is 56.1 Å². The molecule has 0 spiro atoms. The van der Waals surface area contributed by atoms with E-state index in [-0.39, 0.29) is 5.91 Å². The second-order valence-electron chi connectivity index (χ2n) is 5.54. The highest BCUT2D eigenvalue weighted by Gasteiger charge is 2.26. The van der Waals surface area contributed by atoms with Crippen LogP contribution in [0.2, 0.25) is 0 Å².